The number of fused-ring (bicyclic) bond motifs is 1. The van der Waals surface area contributed by atoms with Crippen LogP contribution in [0, 0.1) is 0 Å². The maximum absolute atomic E-state index is 5.55. The van der Waals surface area contributed by atoms with Gasteiger partial charge in [-0.05, 0) is 31.0 Å². The van der Waals surface area contributed by atoms with E-state index in [2.05, 4.69) is 15.5 Å². The number of hydrogen-bond acceptors (Lipinski definition) is 6. The molecule has 2 heterocycles. The first-order valence-corrected chi connectivity index (χ1v) is 6.84. The molecule has 4 rings (SSSR count). The maximum atomic E-state index is 5.55. The molecular weight excluding hydrogens is 258 g/mol. The lowest BCUT2D eigenvalue weighted by Crippen LogP contribution is -2.16. The van der Waals surface area contributed by atoms with Crippen molar-refractivity contribution in [3.63, 3.8) is 0 Å². The van der Waals surface area contributed by atoms with Crippen LogP contribution in [0.25, 0.3) is 11.5 Å². The minimum Gasteiger partial charge on any atom is -0.486 e. The van der Waals surface area contributed by atoms with Gasteiger partial charge in [0, 0.05) is 11.6 Å². The smallest absolute Gasteiger partial charge is 0.258 e. The Labute approximate surface area is 116 Å². The van der Waals surface area contributed by atoms with Crippen LogP contribution >= 0.6 is 0 Å². The van der Waals surface area contributed by atoms with E-state index in [1.807, 2.05) is 18.2 Å². The molecular formula is C14H15N3O3. The molecule has 1 N–H and O–H groups in total. The second kappa shape index (κ2) is 4.79. The van der Waals surface area contributed by atoms with Gasteiger partial charge >= 0.3 is 0 Å². The molecule has 1 aliphatic carbocycles. The number of aromatic nitrogens is 2. The highest BCUT2D eigenvalue weighted by molar-refractivity contribution is 5.60. The van der Waals surface area contributed by atoms with Gasteiger partial charge in [-0.15, -0.1) is 0 Å². The number of rotatable bonds is 4. The van der Waals surface area contributed by atoms with Crippen molar-refractivity contribution in [1.29, 1.82) is 0 Å². The zero-order valence-electron chi connectivity index (χ0n) is 11.0. The summed E-state index contributed by atoms with van der Waals surface area (Å²) in [5.41, 5.74) is 0.847. The summed E-state index contributed by atoms with van der Waals surface area (Å²) >= 11 is 0. The lowest BCUT2D eigenvalue weighted by atomic mass is 10.2. The predicted molar refractivity (Wildman–Crippen MR) is 70.6 cm³/mol. The monoisotopic (exact) mass is 273 g/mol. The molecule has 1 aromatic heterocycles. The predicted octanol–water partition coefficient (Wildman–Crippen LogP) is 1.76. The number of nitrogens with zero attached hydrogens (tertiary/aromatic N) is 2. The molecule has 0 saturated heterocycles. The summed E-state index contributed by atoms with van der Waals surface area (Å²) in [6.07, 6.45) is 2.49. The number of ether oxygens (including phenoxy) is 2. The molecule has 0 radical (unpaired) electrons. The van der Waals surface area contributed by atoms with E-state index in [0.717, 1.165) is 17.1 Å². The third kappa shape index (κ3) is 2.34. The third-order valence-corrected chi connectivity index (χ3v) is 3.38. The molecule has 1 fully saturated rings. The summed E-state index contributed by atoms with van der Waals surface area (Å²) in [5, 5.41) is 7.34. The second-order valence-electron chi connectivity index (χ2n) is 5.03. The molecule has 20 heavy (non-hydrogen) atoms. The summed E-state index contributed by atoms with van der Waals surface area (Å²) in [5.74, 6) is 2.68. The Kier molecular flexibility index (Phi) is 2.81. The van der Waals surface area contributed by atoms with Crippen LogP contribution in [-0.2, 0) is 6.54 Å². The zero-order chi connectivity index (χ0) is 13.4. The van der Waals surface area contributed by atoms with Gasteiger partial charge in [0.1, 0.15) is 13.2 Å². The van der Waals surface area contributed by atoms with Crippen molar-refractivity contribution >= 4 is 0 Å². The Morgan fingerprint density at radius 3 is 2.85 bits per heavy atom. The lowest BCUT2D eigenvalue weighted by Gasteiger charge is -2.18. The Hall–Kier alpha value is -2.08. The summed E-state index contributed by atoms with van der Waals surface area (Å²) in [4.78, 5) is 4.39. The van der Waals surface area contributed by atoms with E-state index in [1.54, 1.807) is 0 Å². The van der Waals surface area contributed by atoms with E-state index in [-0.39, 0.29) is 0 Å². The molecule has 2 aromatic rings. The molecule has 1 aliphatic heterocycles. The zero-order valence-corrected chi connectivity index (χ0v) is 11.0. The molecule has 6 heteroatoms. The van der Waals surface area contributed by atoms with Gasteiger partial charge in [-0.2, -0.15) is 4.98 Å². The first-order chi connectivity index (χ1) is 9.88. The van der Waals surface area contributed by atoms with Crippen LogP contribution < -0.4 is 14.8 Å². The quantitative estimate of drug-likeness (QED) is 0.915. The van der Waals surface area contributed by atoms with Gasteiger partial charge < -0.3 is 19.3 Å². The summed E-state index contributed by atoms with van der Waals surface area (Å²) in [6.45, 7) is 1.81. The maximum Gasteiger partial charge on any atom is 0.258 e. The molecule has 104 valence electrons. The molecule has 0 bridgehead atoms. The number of nitrogens with one attached hydrogen (secondary N) is 1. The van der Waals surface area contributed by atoms with E-state index in [0.29, 0.717) is 37.5 Å². The summed E-state index contributed by atoms with van der Waals surface area (Å²) < 4.78 is 16.3. The van der Waals surface area contributed by atoms with Crippen molar-refractivity contribution in [3.05, 3.63) is 24.0 Å². The van der Waals surface area contributed by atoms with Crippen LogP contribution in [0.3, 0.4) is 0 Å². The van der Waals surface area contributed by atoms with Gasteiger partial charge in [0.25, 0.3) is 5.89 Å². The first-order valence-electron chi connectivity index (χ1n) is 6.84. The standard InChI is InChI=1S/C14H15N3O3/c1-4-11-12(19-6-5-18-11)7-9(1)14-16-13(17-20-14)8-15-10-2-3-10/h1,4,7,10,15H,2-3,5-6,8H2. The molecule has 0 unspecified atom stereocenters. The highest BCUT2D eigenvalue weighted by Gasteiger charge is 2.21. The minimum absolute atomic E-state index is 0.509. The topological polar surface area (TPSA) is 69.4 Å². The van der Waals surface area contributed by atoms with Crippen LogP contribution in [0.5, 0.6) is 11.5 Å². The van der Waals surface area contributed by atoms with Gasteiger partial charge in [-0.3, -0.25) is 0 Å². The number of benzene rings is 1. The van der Waals surface area contributed by atoms with Crippen LogP contribution in [0.15, 0.2) is 22.7 Å². The van der Waals surface area contributed by atoms with E-state index >= 15 is 0 Å². The van der Waals surface area contributed by atoms with Crippen molar-refractivity contribution in [1.82, 2.24) is 15.5 Å². The molecule has 6 nitrogen and oxygen atoms in total. The molecule has 2 aliphatic rings. The highest BCUT2D eigenvalue weighted by atomic mass is 16.6. The van der Waals surface area contributed by atoms with Gasteiger partial charge in [0.05, 0.1) is 6.54 Å². The van der Waals surface area contributed by atoms with Gasteiger partial charge in [0.2, 0.25) is 0 Å². The fourth-order valence-corrected chi connectivity index (χ4v) is 2.14. The fraction of sp³-hybridized carbons (Fsp3) is 0.429. The van der Waals surface area contributed by atoms with Crippen molar-refractivity contribution in [2.24, 2.45) is 0 Å². The van der Waals surface area contributed by atoms with Crippen LogP contribution in [0.1, 0.15) is 18.7 Å². The van der Waals surface area contributed by atoms with E-state index in [9.17, 15) is 0 Å². The highest BCUT2D eigenvalue weighted by Crippen LogP contribution is 2.33. The Balaban J connectivity index is 1.53. The van der Waals surface area contributed by atoms with Crippen LogP contribution in [0.4, 0.5) is 0 Å². The Bertz CT molecular complexity index is 622. The van der Waals surface area contributed by atoms with Gasteiger partial charge in [-0.1, -0.05) is 5.16 Å². The average molecular weight is 273 g/mol. The Morgan fingerprint density at radius 1 is 1.15 bits per heavy atom. The minimum atomic E-state index is 0.509. The van der Waals surface area contributed by atoms with Crippen molar-refractivity contribution in [2.75, 3.05) is 13.2 Å². The van der Waals surface area contributed by atoms with E-state index < -0.39 is 0 Å². The van der Waals surface area contributed by atoms with E-state index in [4.69, 9.17) is 14.0 Å². The molecule has 1 saturated carbocycles. The van der Waals surface area contributed by atoms with Gasteiger partial charge in [-0.25, -0.2) is 0 Å². The van der Waals surface area contributed by atoms with Crippen molar-refractivity contribution in [2.45, 2.75) is 25.4 Å². The third-order valence-electron chi connectivity index (χ3n) is 3.38. The first kappa shape index (κ1) is 11.7. The normalized spacial score (nSPS) is 17.2. The lowest BCUT2D eigenvalue weighted by molar-refractivity contribution is 0.171. The summed E-state index contributed by atoms with van der Waals surface area (Å²) in [6, 6.07) is 6.28. The number of hydrogen-bond donors (Lipinski definition) is 1. The average Bonchev–Trinajstić information content (AvgIpc) is 3.21. The van der Waals surface area contributed by atoms with Crippen molar-refractivity contribution in [3.8, 4) is 23.0 Å². The van der Waals surface area contributed by atoms with Crippen LogP contribution in [0.2, 0.25) is 0 Å². The Morgan fingerprint density at radius 2 is 2.00 bits per heavy atom. The molecule has 0 spiro atoms. The molecule has 0 atom stereocenters. The van der Waals surface area contributed by atoms with Crippen molar-refractivity contribution < 1.29 is 14.0 Å². The fourth-order valence-electron chi connectivity index (χ4n) is 2.14. The van der Waals surface area contributed by atoms with Gasteiger partial charge in [0.15, 0.2) is 17.3 Å². The second-order valence-corrected chi connectivity index (χ2v) is 5.03. The largest absolute Gasteiger partial charge is 0.486 e. The van der Waals surface area contributed by atoms with Crippen LogP contribution in [-0.4, -0.2) is 29.4 Å². The SMILES string of the molecule is c1cc2c(cc1-c1nc(CNC3CC3)no1)OCCO2. The molecule has 1 aromatic carbocycles. The molecule has 0 amide bonds. The van der Waals surface area contributed by atoms with E-state index in [1.165, 1.54) is 12.8 Å². The summed E-state index contributed by atoms with van der Waals surface area (Å²) in [7, 11) is 0.